The lowest BCUT2D eigenvalue weighted by atomic mass is 9.86. The molecule has 1 unspecified atom stereocenters. The van der Waals surface area contributed by atoms with Crippen molar-refractivity contribution in [3.63, 3.8) is 0 Å². The van der Waals surface area contributed by atoms with Crippen LogP contribution in [0.4, 0.5) is 0 Å². The number of carbonyl (C=O) groups is 1. The van der Waals surface area contributed by atoms with Crippen molar-refractivity contribution in [1.82, 2.24) is 0 Å². The van der Waals surface area contributed by atoms with E-state index < -0.39 is 12.3 Å². The topological polar surface area (TPSA) is 133 Å². The Morgan fingerprint density at radius 1 is 0.861 bits per heavy atom. The first-order valence-electron chi connectivity index (χ1n) is 11.9. The van der Waals surface area contributed by atoms with Gasteiger partial charge < -0.3 is 43.7 Å². The molecule has 0 amide bonds. The Morgan fingerprint density at radius 2 is 1.28 bits per heavy atom. The first-order valence-corrected chi connectivity index (χ1v) is 11.9. The maximum atomic E-state index is 10.1. The maximum Gasteiger partial charge on any atom is 0.330 e. The number of hydrogen-bond donors (Lipinski definition) is 3. The third-order valence-electron chi connectivity index (χ3n) is 4.31. The summed E-state index contributed by atoms with van der Waals surface area (Å²) in [6.45, 7) is 14.9. The molecule has 1 aromatic rings. The molecule has 0 aliphatic carbocycles. The molecule has 1 atom stereocenters. The molecule has 1 aromatic carbocycles. The summed E-state index contributed by atoms with van der Waals surface area (Å²) < 4.78 is 32.2. The summed E-state index contributed by atoms with van der Waals surface area (Å²) in [5, 5.41) is 26.5. The molecule has 0 radical (unpaired) electrons. The van der Waals surface area contributed by atoms with Crippen LogP contribution in [0.1, 0.15) is 33.3 Å². The van der Waals surface area contributed by atoms with Crippen molar-refractivity contribution in [2.75, 3.05) is 72.7 Å². The fourth-order valence-corrected chi connectivity index (χ4v) is 2.50. The van der Waals surface area contributed by atoms with Crippen LogP contribution in [-0.2, 0) is 33.9 Å². The van der Waals surface area contributed by atoms with E-state index in [-0.39, 0.29) is 24.2 Å². The Morgan fingerprint density at radius 3 is 1.69 bits per heavy atom. The van der Waals surface area contributed by atoms with E-state index in [1.807, 2.05) is 24.3 Å². The number of aliphatic carboxylic acids is 1. The Balaban J connectivity index is 0.00000181. The molecule has 0 heterocycles. The van der Waals surface area contributed by atoms with Gasteiger partial charge in [0, 0.05) is 5.57 Å². The van der Waals surface area contributed by atoms with E-state index in [4.69, 9.17) is 38.6 Å². The predicted octanol–water partition coefficient (Wildman–Crippen LogP) is 2.40. The zero-order chi connectivity index (χ0) is 27.2. The van der Waals surface area contributed by atoms with Gasteiger partial charge in [0.2, 0.25) is 6.29 Å². The summed E-state index contributed by atoms with van der Waals surface area (Å²) in [6.07, 6.45) is -1.04. The number of benzene rings is 1. The van der Waals surface area contributed by atoms with Crippen molar-refractivity contribution >= 4 is 5.97 Å². The van der Waals surface area contributed by atoms with Gasteiger partial charge in [-0.3, -0.25) is 0 Å². The van der Waals surface area contributed by atoms with Crippen LogP contribution in [0.15, 0.2) is 36.4 Å². The second-order valence-electron chi connectivity index (χ2n) is 8.65. The normalized spacial score (nSPS) is 11.9. The summed E-state index contributed by atoms with van der Waals surface area (Å²) in [4.78, 5) is 9.60. The van der Waals surface area contributed by atoms with Gasteiger partial charge in [0.15, 0.2) is 0 Å². The monoisotopic (exact) mass is 516 g/mol. The molecule has 0 aromatic heterocycles. The molecular formula is C26H44O10. The van der Waals surface area contributed by atoms with Crippen LogP contribution in [0.2, 0.25) is 0 Å². The zero-order valence-corrected chi connectivity index (χ0v) is 22.1. The number of ether oxygens (including phenoxy) is 6. The van der Waals surface area contributed by atoms with Gasteiger partial charge in [-0.1, -0.05) is 45.5 Å². The van der Waals surface area contributed by atoms with E-state index in [1.54, 1.807) is 0 Å². The third kappa shape index (κ3) is 19.2. The van der Waals surface area contributed by atoms with E-state index in [9.17, 15) is 9.90 Å². The van der Waals surface area contributed by atoms with Crippen molar-refractivity contribution in [2.45, 2.75) is 39.4 Å². The van der Waals surface area contributed by atoms with E-state index in [0.717, 1.165) is 5.56 Å². The van der Waals surface area contributed by atoms with Gasteiger partial charge in [0.05, 0.1) is 66.1 Å². The van der Waals surface area contributed by atoms with Gasteiger partial charge in [-0.25, -0.2) is 4.79 Å². The Bertz CT molecular complexity index is 690. The van der Waals surface area contributed by atoms with Crippen LogP contribution >= 0.6 is 0 Å². The second-order valence-corrected chi connectivity index (χ2v) is 8.65. The molecule has 208 valence electrons. The molecule has 0 spiro atoms. The van der Waals surface area contributed by atoms with Crippen molar-refractivity contribution in [1.29, 1.82) is 0 Å². The lowest BCUT2D eigenvalue weighted by Crippen LogP contribution is -2.25. The molecular weight excluding hydrogens is 472 g/mol. The number of hydrogen-bond acceptors (Lipinski definition) is 9. The average Bonchev–Trinajstić information content (AvgIpc) is 2.81. The van der Waals surface area contributed by atoms with Gasteiger partial charge in [-0.2, -0.15) is 0 Å². The SMILES string of the molecule is C=C(C)C(=O)O.CC(C)(C)c1ccccc1OC(O)COCCOCCOCCOCCOCCO. The molecule has 10 heteroatoms. The van der Waals surface area contributed by atoms with Gasteiger partial charge in [-0.15, -0.1) is 0 Å². The van der Waals surface area contributed by atoms with Crippen LogP contribution in [0.3, 0.4) is 0 Å². The van der Waals surface area contributed by atoms with Crippen molar-refractivity contribution in [2.24, 2.45) is 0 Å². The Kier molecular flexibility index (Phi) is 19.9. The minimum atomic E-state index is -1.04. The lowest BCUT2D eigenvalue weighted by molar-refractivity contribution is -0.132. The molecule has 10 nitrogen and oxygen atoms in total. The predicted molar refractivity (Wildman–Crippen MR) is 135 cm³/mol. The van der Waals surface area contributed by atoms with Gasteiger partial charge in [-0.05, 0) is 24.0 Å². The van der Waals surface area contributed by atoms with Crippen molar-refractivity contribution in [3.05, 3.63) is 42.0 Å². The highest BCUT2D eigenvalue weighted by atomic mass is 16.6. The largest absolute Gasteiger partial charge is 0.478 e. The minimum Gasteiger partial charge on any atom is -0.478 e. The van der Waals surface area contributed by atoms with Crippen molar-refractivity contribution < 1.29 is 48.5 Å². The van der Waals surface area contributed by atoms with E-state index in [1.165, 1.54) is 6.92 Å². The maximum absolute atomic E-state index is 10.1. The lowest BCUT2D eigenvalue weighted by Gasteiger charge is -2.24. The van der Waals surface area contributed by atoms with Crippen LogP contribution in [-0.4, -0.2) is 100 Å². The first kappa shape index (κ1) is 34.0. The third-order valence-corrected chi connectivity index (χ3v) is 4.31. The molecule has 36 heavy (non-hydrogen) atoms. The van der Waals surface area contributed by atoms with Crippen LogP contribution in [0, 0.1) is 0 Å². The molecule has 3 N–H and O–H groups in total. The molecule has 0 saturated heterocycles. The average molecular weight is 517 g/mol. The first-order chi connectivity index (χ1) is 17.1. The molecule has 1 rings (SSSR count). The van der Waals surface area contributed by atoms with Gasteiger partial charge in [0.1, 0.15) is 12.4 Å². The summed E-state index contributed by atoms with van der Waals surface area (Å²) in [5.41, 5.74) is 1.14. The molecule has 0 aliphatic heterocycles. The summed E-state index contributed by atoms with van der Waals surface area (Å²) in [7, 11) is 0. The molecule has 0 fully saturated rings. The summed E-state index contributed by atoms with van der Waals surface area (Å²) in [6, 6.07) is 7.69. The Hall–Kier alpha value is -2.05. The highest BCUT2D eigenvalue weighted by Gasteiger charge is 2.20. The quantitative estimate of drug-likeness (QED) is 0.143. The summed E-state index contributed by atoms with van der Waals surface area (Å²) in [5.74, 6) is -0.272. The molecule has 0 bridgehead atoms. The van der Waals surface area contributed by atoms with Crippen LogP contribution in [0.25, 0.3) is 0 Å². The molecule has 0 aliphatic rings. The molecule has 0 saturated carbocycles. The Labute approximate surface area is 214 Å². The smallest absolute Gasteiger partial charge is 0.330 e. The number of carboxylic acids is 1. The minimum absolute atomic E-state index is 0.0223. The standard InChI is InChI=1S/C22H38O8.C4H6O2/c1-22(2,3)19-6-4-5-7-20(19)30-21(24)18-29-17-16-28-15-14-27-13-12-26-11-10-25-9-8-23;1-3(2)4(5)6/h4-7,21,23-24H,8-18H2,1-3H3;1H2,2H3,(H,5,6). The zero-order valence-electron chi connectivity index (χ0n) is 22.1. The van der Waals surface area contributed by atoms with Crippen molar-refractivity contribution in [3.8, 4) is 5.75 Å². The fourth-order valence-electron chi connectivity index (χ4n) is 2.50. The highest BCUT2D eigenvalue weighted by molar-refractivity contribution is 5.84. The highest BCUT2D eigenvalue weighted by Crippen LogP contribution is 2.31. The number of aliphatic hydroxyl groups is 2. The van der Waals surface area contributed by atoms with E-state index >= 15 is 0 Å². The number of carboxylic acid groups (broad SMARTS) is 1. The van der Waals surface area contributed by atoms with E-state index in [0.29, 0.717) is 65.2 Å². The second kappa shape index (κ2) is 21.1. The number of rotatable bonds is 19. The van der Waals surface area contributed by atoms with Gasteiger partial charge in [0.25, 0.3) is 0 Å². The van der Waals surface area contributed by atoms with Gasteiger partial charge >= 0.3 is 5.97 Å². The summed E-state index contributed by atoms with van der Waals surface area (Å²) >= 11 is 0. The number of para-hydroxylation sites is 1. The fraction of sp³-hybridized carbons (Fsp3) is 0.654. The number of aliphatic hydroxyl groups excluding tert-OH is 2. The van der Waals surface area contributed by atoms with Crippen LogP contribution in [0.5, 0.6) is 5.75 Å². The van der Waals surface area contributed by atoms with Crippen LogP contribution < -0.4 is 4.74 Å². The van der Waals surface area contributed by atoms with E-state index in [2.05, 4.69) is 27.4 Å².